The van der Waals surface area contributed by atoms with Gasteiger partial charge in [0.2, 0.25) is 0 Å². The van der Waals surface area contributed by atoms with Gasteiger partial charge < -0.3 is 40.4 Å². The summed E-state index contributed by atoms with van der Waals surface area (Å²) in [6.07, 6.45) is 12.5. The van der Waals surface area contributed by atoms with Gasteiger partial charge in [0, 0.05) is 79.5 Å². The number of hydrogen-bond acceptors (Lipinski definition) is 11. The van der Waals surface area contributed by atoms with E-state index in [2.05, 4.69) is 38.8 Å². The highest BCUT2D eigenvalue weighted by atomic mass is 16.7. The molecule has 0 amide bonds. The van der Waals surface area contributed by atoms with Crippen LogP contribution in [0.2, 0.25) is 0 Å². The Kier molecular flexibility index (Phi) is 14.8. The predicted molar refractivity (Wildman–Crippen MR) is 254 cm³/mol. The van der Waals surface area contributed by atoms with E-state index in [1.54, 1.807) is 12.1 Å². The number of nitrogens with zero attached hydrogens (tertiary/aromatic N) is 2. The van der Waals surface area contributed by atoms with Gasteiger partial charge >= 0.3 is 5.97 Å². The highest BCUT2D eigenvalue weighted by Gasteiger charge is 2.41. The second-order valence-electron chi connectivity index (χ2n) is 17.6. The van der Waals surface area contributed by atoms with Gasteiger partial charge in [0.15, 0.2) is 17.4 Å². The van der Waals surface area contributed by atoms with E-state index in [-0.39, 0.29) is 17.4 Å². The van der Waals surface area contributed by atoms with Gasteiger partial charge in [-0.25, -0.2) is 14.8 Å². The molecule has 4 fully saturated rings. The Hall–Kier alpha value is -5.76. The zero-order valence-corrected chi connectivity index (χ0v) is 37.5. The number of anilines is 2. The Balaban J connectivity index is 0.000000155. The normalized spacial score (nSPS) is 18.7. The van der Waals surface area contributed by atoms with Crippen LogP contribution in [0.5, 0.6) is 0 Å². The summed E-state index contributed by atoms with van der Waals surface area (Å²) in [6, 6.07) is 32.2. The van der Waals surface area contributed by atoms with Gasteiger partial charge in [-0.1, -0.05) is 60.7 Å². The van der Waals surface area contributed by atoms with E-state index in [1.165, 1.54) is 11.1 Å². The number of ether oxygens (including phenoxy) is 4. The second-order valence-corrected chi connectivity index (χ2v) is 17.6. The average molecular weight is 880 g/mol. The van der Waals surface area contributed by atoms with Crippen molar-refractivity contribution in [1.82, 2.24) is 9.97 Å². The fourth-order valence-corrected chi connectivity index (χ4v) is 9.38. The molecule has 12 nitrogen and oxygen atoms in total. The van der Waals surface area contributed by atoms with Crippen molar-refractivity contribution in [3.63, 3.8) is 0 Å². The molecule has 0 bridgehead atoms. The van der Waals surface area contributed by atoms with E-state index in [0.717, 1.165) is 108 Å². The number of benzene rings is 4. The highest BCUT2D eigenvalue weighted by molar-refractivity contribution is 6.01. The molecule has 5 N–H and O–H groups in total. The van der Waals surface area contributed by atoms with Crippen LogP contribution in [0, 0.1) is 13.8 Å². The summed E-state index contributed by atoms with van der Waals surface area (Å²) in [5.74, 6) is 0.206. The monoisotopic (exact) mass is 879 g/mol. The van der Waals surface area contributed by atoms with Crippen LogP contribution < -0.4 is 16.4 Å². The second kappa shape index (κ2) is 21.0. The van der Waals surface area contributed by atoms with E-state index >= 15 is 0 Å². The lowest BCUT2D eigenvalue weighted by molar-refractivity contribution is -0.178. The molecule has 2 saturated carbocycles. The Morgan fingerprint density at radius 2 is 1.06 bits per heavy atom. The molecule has 2 spiro atoms. The molecule has 4 aliphatic rings. The highest BCUT2D eigenvalue weighted by Crippen LogP contribution is 2.38. The van der Waals surface area contributed by atoms with Crippen LogP contribution in [-0.4, -0.2) is 76.9 Å². The topological polar surface area (TPSA) is 167 Å². The van der Waals surface area contributed by atoms with Crippen LogP contribution in [0.25, 0.3) is 21.5 Å². The molecule has 2 aliphatic carbocycles. The summed E-state index contributed by atoms with van der Waals surface area (Å²) < 4.78 is 23.2. The van der Waals surface area contributed by atoms with Crippen molar-refractivity contribution in [2.24, 2.45) is 5.73 Å². The maximum atomic E-state index is 12.9. The van der Waals surface area contributed by atoms with Crippen LogP contribution in [0.15, 0.2) is 109 Å². The van der Waals surface area contributed by atoms with Crippen molar-refractivity contribution >= 4 is 44.9 Å². The zero-order valence-electron chi connectivity index (χ0n) is 37.5. The first-order valence-electron chi connectivity index (χ1n) is 23.0. The summed E-state index contributed by atoms with van der Waals surface area (Å²) in [5.41, 5.74) is 10.8. The average Bonchev–Trinajstić information content (AvgIpc) is 4.00. The molecule has 0 unspecified atom stereocenters. The lowest BCUT2D eigenvalue weighted by atomic mass is 9.90. The number of carbonyl (C=O) groups excluding carboxylic acids is 1. The van der Waals surface area contributed by atoms with Crippen LogP contribution in [0.3, 0.4) is 0 Å². The van der Waals surface area contributed by atoms with Crippen LogP contribution in [0.4, 0.5) is 11.6 Å². The number of ketones is 1. The molecule has 2 aliphatic heterocycles. The molecule has 340 valence electrons. The Morgan fingerprint density at radius 3 is 1.49 bits per heavy atom. The van der Waals surface area contributed by atoms with Gasteiger partial charge in [0.05, 0.1) is 32.0 Å². The van der Waals surface area contributed by atoms with Crippen molar-refractivity contribution in [3.8, 4) is 0 Å². The summed E-state index contributed by atoms with van der Waals surface area (Å²) in [5, 5.41) is 20.3. The number of carbonyl (C=O) groups is 2. The molecule has 2 saturated heterocycles. The Bertz CT molecular complexity index is 2540. The molecule has 2 aromatic heterocycles. The van der Waals surface area contributed by atoms with Gasteiger partial charge in [-0.3, -0.25) is 4.79 Å². The molecular weight excluding hydrogens is 819 g/mol. The number of pyridine rings is 2. The molecule has 65 heavy (non-hydrogen) atoms. The van der Waals surface area contributed by atoms with Gasteiger partial charge in [0.1, 0.15) is 11.6 Å². The van der Waals surface area contributed by atoms with Crippen molar-refractivity contribution in [3.05, 3.63) is 143 Å². The number of aryl methyl sites for hydroxylation is 3. The van der Waals surface area contributed by atoms with E-state index in [0.29, 0.717) is 57.0 Å². The molecular formula is C53H61N5O7. The summed E-state index contributed by atoms with van der Waals surface area (Å²) in [7, 11) is 0. The van der Waals surface area contributed by atoms with Crippen LogP contribution in [-0.2, 0) is 31.9 Å². The van der Waals surface area contributed by atoms with E-state index < -0.39 is 5.97 Å². The number of rotatable bonds is 10. The lowest BCUT2D eigenvalue weighted by Gasteiger charge is -2.35. The number of nitrogens with two attached hydrogens (primary N) is 1. The fraction of sp³-hybridized carbons (Fsp3) is 0.396. The third-order valence-corrected chi connectivity index (χ3v) is 13.0. The summed E-state index contributed by atoms with van der Waals surface area (Å²) in [6.45, 7) is 7.39. The minimum absolute atomic E-state index is 0.180. The van der Waals surface area contributed by atoms with E-state index in [9.17, 15) is 14.7 Å². The first-order chi connectivity index (χ1) is 31.6. The van der Waals surface area contributed by atoms with Crippen molar-refractivity contribution in [2.75, 3.05) is 37.1 Å². The molecule has 0 radical (unpaired) electrons. The Morgan fingerprint density at radius 1 is 0.631 bits per heavy atom. The number of Topliss-reactive ketones (excluding diaryl/α,β-unsaturated/α-hetero) is 1. The number of hydrogen-bond donors (Lipinski definition) is 4. The number of aromatic carboxylic acids is 1. The minimum atomic E-state index is -0.912. The number of fused-ring (bicyclic) bond motifs is 2. The molecule has 4 aromatic carbocycles. The largest absolute Gasteiger partial charge is 0.478 e. The van der Waals surface area contributed by atoms with Crippen molar-refractivity contribution in [2.45, 2.75) is 108 Å². The maximum absolute atomic E-state index is 12.9. The van der Waals surface area contributed by atoms with E-state index in [1.807, 2.05) is 93.0 Å². The lowest BCUT2D eigenvalue weighted by Crippen LogP contribution is -2.39. The fourth-order valence-electron chi connectivity index (χ4n) is 9.38. The van der Waals surface area contributed by atoms with Gasteiger partial charge in [-0.15, -0.1) is 0 Å². The van der Waals surface area contributed by atoms with Gasteiger partial charge in [-0.2, -0.15) is 0 Å². The standard InChI is InChI=1S/C27H30N2O3.C19H22N2O4.C7H9N/c1-19-15-22(25(30)8-7-20-5-3-2-4-6-20)16-21-17-26(28-18-24(19)21)29-23-9-11-27(12-10-23)31-13-14-32-27;1-12-8-14(18(22)23)9-13-10-17(20-11-16(12)13)21-15-2-4-19(5-3-15)24-6-7-25-19;8-6-7-4-2-1-3-5-7/h2-6,15-18,23H,7-14H2,1H3,(H,28,29);8-11,15H,2-7H2,1H3,(H,20,21)(H,22,23);1-5H,6,8H2. The molecule has 12 heteroatoms. The first-order valence-corrected chi connectivity index (χ1v) is 23.0. The third-order valence-electron chi connectivity index (χ3n) is 13.0. The summed E-state index contributed by atoms with van der Waals surface area (Å²) in [4.78, 5) is 33.3. The quantitative estimate of drug-likeness (QED) is 0.0964. The predicted octanol–water partition coefficient (Wildman–Crippen LogP) is 9.94. The number of carboxylic acids is 1. The van der Waals surface area contributed by atoms with Crippen molar-refractivity contribution in [1.29, 1.82) is 0 Å². The van der Waals surface area contributed by atoms with E-state index in [4.69, 9.17) is 24.7 Å². The molecule has 0 atom stereocenters. The molecule has 10 rings (SSSR count). The molecule has 6 aromatic rings. The smallest absolute Gasteiger partial charge is 0.335 e. The van der Waals surface area contributed by atoms with Crippen molar-refractivity contribution < 1.29 is 33.6 Å². The first kappa shape index (κ1) is 45.8. The summed E-state index contributed by atoms with van der Waals surface area (Å²) >= 11 is 0. The number of carboxylic acid groups (broad SMARTS) is 1. The Labute approximate surface area is 381 Å². The number of nitrogens with one attached hydrogen (secondary N) is 2. The minimum Gasteiger partial charge on any atom is -0.478 e. The zero-order chi connectivity index (χ0) is 45.2. The third kappa shape index (κ3) is 11.7. The van der Waals surface area contributed by atoms with Crippen LogP contribution >= 0.6 is 0 Å². The van der Waals surface area contributed by atoms with Gasteiger partial charge in [-0.05, 0) is 115 Å². The molecule has 4 heterocycles. The van der Waals surface area contributed by atoms with Crippen LogP contribution in [0.1, 0.15) is 101 Å². The number of aromatic nitrogens is 2. The SMILES string of the molecule is Cc1cc(C(=O)CCc2ccccc2)cc2cc(NC3CCC4(CC3)OCCO4)ncc12.Cc1cc(C(=O)O)cc2cc(NC3CCC4(CC3)OCCO4)ncc12.NCc1ccccc1. The van der Waals surface area contributed by atoms with Gasteiger partial charge in [0.25, 0.3) is 0 Å². The maximum Gasteiger partial charge on any atom is 0.335 e.